The van der Waals surface area contributed by atoms with E-state index in [0.29, 0.717) is 22.2 Å². The first-order valence-electron chi connectivity index (χ1n) is 10.3. The molecule has 0 aromatic heterocycles. The van der Waals surface area contributed by atoms with Crippen molar-refractivity contribution in [2.24, 2.45) is 0 Å². The van der Waals surface area contributed by atoms with E-state index in [1.54, 1.807) is 41.3 Å². The number of anilines is 1. The summed E-state index contributed by atoms with van der Waals surface area (Å²) >= 11 is 6.07. The number of hydrogen-bond acceptors (Lipinski definition) is 6. The van der Waals surface area contributed by atoms with Gasteiger partial charge in [-0.25, -0.2) is 8.42 Å². The highest BCUT2D eigenvalue weighted by molar-refractivity contribution is 7.89. The zero-order valence-corrected chi connectivity index (χ0v) is 20.0. The van der Waals surface area contributed by atoms with Gasteiger partial charge in [-0.15, -0.1) is 0 Å². The topological polar surface area (TPSA) is 105 Å². The SMILES string of the molecule is COc1cc(NC(=O)CCC(=O)N2CCN(S(=O)(=O)c3ccccc3)CC2)c(OC)cc1Cl. The van der Waals surface area contributed by atoms with E-state index in [1.165, 1.54) is 24.6 Å². The van der Waals surface area contributed by atoms with Crippen molar-refractivity contribution in [1.82, 2.24) is 9.21 Å². The minimum Gasteiger partial charge on any atom is -0.495 e. The first-order valence-corrected chi connectivity index (χ1v) is 12.1. The minimum atomic E-state index is -3.59. The molecule has 0 radical (unpaired) electrons. The molecule has 2 aromatic rings. The fraction of sp³-hybridized carbons (Fsp3) is 0.364. The molecule has 1 heterocycles. The van der Waals surface area contributed by atoms with E-state index in [4.69, 9.17) is 21.1 Å². The van der Waals surface area contributed by atoms with Gasteiger partial charge in [0.15, 0.2) is 0 Å². The van der Waals surface area contributed by atoms with E-state index >= 15 is 0 Å². The fourth-order valence-electron chi connectivity index (χ4n) is 3.47. The molecule has 2 aromatic carbocycles. The Hall–Kier alpha value is -2.82. The number of carbonyl (C=O) groups is 2. The summed E-state index contributed by atoms with van der Waals surface area (Å²) in [5.74, 6) is 0.183. The predicted octanol–water partition coefficient (Wildman–Crippen LogP) is 2.61. The number of rotatable bonds is 8. The van der Waals surface area contributed by atoms with E-state index < -0.39 is 10.0 Å². The molecule has 1 aliphatic heterocycles. The summed E-state index contributed by atoms with van der Waals surface area (Å²) in [6.07, 6.45) is -0.0280. The van der Waals surface area contributed by atoms with Gasteiger partial charge in [0, 0.05) is 51.2 Å². The first-order chi connectivity index (χ1) is 15.8. The predicted molar refractivity (Wildman–Crippen MR) is 124 cm³/mol. The number of nitrogens with one attached hydrogen (secondary N) is 1. The minimum absolute atomic E-state index is 0.00427. The Morgan fingerprint density at radius 3 is 2.21 bits per heavy atom. The summed E-state index contributed by atoms with van der Waals surface area (Å²) in [4.78, 5) is 26.8. The van der Waals surface area contributed by atoms with Crippen molar-refractivity contribution in [3.05, 3.63) is 47.5 Å². The quantitative estimate of drug-likeness (QED) is 0.603. The molecule has 0 bridgehead atoms. The van der Waals surface area contributed by atoms with Gasteiger partial charge in [0.1, 0.15) is 11.5 Å². The summed E-state index contributed by atoms with van der Waals surface area (Å²) in [7, 11) is -0.673. The fourth-order valence-corrected chi connectivity index (χ4v) is 5.14. The second-order valence-corrected chi connectivity index (χ2v) is 9.68. The summed E-state index contributed by atoms with van der Waals surface area (Å²) in [5.41, 5.74) is 0.385. The zero-order valence-electron chi connectivity index (χ0n) is 18.4. The van der Waals surface area contributed by atoms with Crippen LogP contribution in [0, 0.1) is 0 Å². The summed E-state index contributed by atoms with van der Waals surface area (Å²) in [5, 5.41) is 3.05. The number of methoxy groups -OCH3 is 2. The number of hydrogen-bond donors (Lipinski definition) is 1. The number of halogens is 1. The molecule has 9 nitrogen and oxygen atoms in total. The lowest BCUT2D eigenvalue weighted by atomic mass is 10.2. The number of ether oxygens (including phenoxy) is 2. The molecule has 33 heavy (non-hydrogen) atoms. The van der Waals surface area contributed by atoms with Gasteiger partial charge in [0.2, 0.25) is 21.8 Å². The number of amides is 2. The summed E-state index contributed by atoms with van der Waals surface area (Å²) in [6.45, 7) is 0.956. The molecule has 0 spiro atoms. The van der Waals surface area contributed by atoms with Gasteiger partial charge in [-0.05, 0) is 12.1 Å². The number of carbonyl (C=O) groups excluding carboxylic acids is 2. The first kappa shape index (κ1) is 24.8. The maximum Gasteiger partial charge on any atom is 0.243 e. The van der Waals surface area contributed by atoms with Crippen molar-refractivity contribution in [2.75, 3.05) is 45.7 Å². The van der Waals surface area contributed by atoms with Crippen molar-refractivity contribution < 1.29 is 27.5 Å². The van der Waals surface area contributed by atoms with Crippen LogP contribution in [-0.2, 0) is 19.6 Å². The van der Waals surface area contributed by atoms with Gasteiger partial charge in [-0.2, -0.15) is 4.31 Å². The van der Waals surface area contributed by atoms with Crippen LogP contribution in [0.2, 0.25) is 5.02 Å². The van der Waals surface area contributed by atoms with Crippen LogP contribution in [0.3, 0.4) is 0 Å². The second kappa shape index (κ2) is 10.9. The average Bonchev–Trinajstić information content (AvgIpc) is 2.83. The van der Waals surface area contributed by atoms with Crippen LogP contribution in [0.4, 0.5) is 5.69 Å². The van der Waals surface area contributed by atoms with Gasteiger partial charge < -0.3 is 19.7 Å². The number of benzene rings is 2. The Labute approximate surface area is 198 Å². The monoisotopic (exact) mass is 495 g/mol. The summed E-state index contributed by atoms with van der Waals surface area (Å²) in [6, 6.07) is 11.3. The van der Waals surface area contributed by atoms with E-state index in [1.807, 2.05) is 0 Å². The molecule has 0 unspecified atom stereocenters. The van der Waals surface area contributed by atoms with E-state index in [2.05, 4.69) is 5.32 Å². The van der Waals surface area contributed by atoms with E-state index in [-0.39, 0.29) is 55.7 Å². The lowest BCUT2D eigenvalue weighted by Gasteiger charge is -2.34. The van der Waals surface area contributed by atoms with Crippen molar-refractivity contribution in [3.8, 4) is 11.5 Å². The Bertz CT molecular complexity index is 1100. The van der Waals surface area contributed by atoms with Crippen molar-refractivity contribution >= 4 is 39.1 Å². The average molecular weight is 496 g/mol. The molecule has 1 fully saturated rings. The van der Waals surface area contributed by atoms with Gasteiger partial charge in [-0.3, -0.25) is 9.59 Å². The second-order valence-electron chi connectivity index (χ2n) is 7.33. The highest BCUT2D eigenvalue weighted by Gasteiger charge is 2.30. The highest BCUT2D eigenvalue weighted by atomic mass is 35.5. The molecule has 0 aliphatic carbocycles. The Kier molecular flexibility index (Phi) is 8.17. The van der Waals surface area contributed by atoms with Gasteiger partial charge >= 0.3 is 0 Å². The molecular weight excluding hydrogens is 470 g/mol. The molecule has 178 valence electrons. The van der Waals surface area contributed by atoms with Gasteiger partial charge in [-0.1, -0.05) is 29.8 Å². The third-order valence-corrected chi connectivity index (χ3v) is 7.49. The lowest BCUT2D eigenvalue weighted by molar-refractivity contribution is -0.133. The molecule has 1 aliphatic rings. The molecule has 2 amide bonds. The third-order valence-electron chi connectivity index (χ3n) is 5.29. The smallest absolute Gasteiger partial charge is 0.243 e. The standard InChI is InChI=1S/C22H26ClN3O6S/c1-31-19-15-18(20(32-2)14-17(19)23)24-21(27)8-9-22(28)25-10-12-26(13-11-25)33(29,30)16-6-4-3-5-7-16/h3-7,14-15H,8-13H2,1-2H3,(H,24,27). The van der Waals surface area contributed by atoms with Crippen LogP contribution < -0.4 is 14.8 Å². The van der Waals surface area contributed by atoms with Crippen molar-refractivity contribution in [1.29, 1.82) is 0 Å². The van der Waals surface area contributed by atoms with Crippen LogP contribution >= 0.6 is 11.6 Å². The molecular formula is C22H26ClN3O6S. The van der Waals surface area contributed by atoms with Crippen LogP contribution in [0.25, 0.3) is 0 Å². The van der Waals surface area contributed by atoms with Crippen LogP contribution in [-0.4, -0.2) is 69.8 Å². The maximum atomic E-state index is 12.7. The van der Waals surface area contributed by atoms with Crippen molar-refractivity contribution in [3.63, 3.8) is 0 Å². The Morgan fingerprint density at radius 2 is 1.61 bits per heavy atom. The Balaban J connectivity index is 1.51. The molecule has 1 N–H and O–H groups in total. The molecule has 0 saturated carbocycles. The Morgan fingerprint density at radius 1 is 0.970 bits per heavy atom. The zero-order chi connectivity index (χ0) is 24.0. The third kappa shape index (κ3) is 5.95. The van der Waals surface area contributed by atoms with Crippen LogP contribution in [0.15, 0.2) is 47.4 Å². The summed E-state index contributed by atoms with van der Waals surface area (Å²) < 4.78 is 37.2. The van der Waals surface area contributed by atoms with Gasteiger partial charge in [0.25, 0.3) is 0 Å². The maximum absolute atomic E-state index is 12.7. The van der Waals surface area contributed by atoms with E-state index in [0.717, 1.165) is 0 Å². The number of sulfonamides is 1. The highest BCUT2D eigenvalue weighted by Crippen LogP contribution is 2.36. The van der Waals surface area contributed by atoms with Gasteiger partial charge in [0.05, 0.1) is 29.8 Å². The van der Waals surface area contributed by atoms with Crippen LogP contribution in [0.5, 0.6) is 11.5 Å². The van der Waals surface area contributed by atoms with Crippen LogP contribution in [0.1, 0.15) is 12.8 Å². The molecule has 11 heteroatoms. The molecule has 1 saturated heterocycles. The lowest BCUT2D eigenvalue weighted by Crippen LogP contribution is -2.50. The van der Waals surface area contributed by atoms with Crippen molar-refractivity contribution in [2.45, 2.75) is 17.7 Å². The normalized spacial score (nSPS) is 14.6. The van der Waals surface area contributed by atoms with E-state index in [9.17, 15) is 18.0 Å². The number of piperazine rings is 1. The molecule has 0 atom stereocenters. The largest absolute Gasteiger partial charge is 0.495 e. The molecule has 3 rings (SSSR count). The number of nitrogens with zero attached hydrogens (tertiary/aromatic N) is 2.